The lowest BCUT2D eigenvalue weighted by Gasteiger charge is -2.06. The van der Waals surface area contributed by atoms with Gasteiger partial charge in [-0.25, -0.2) is 4.98 Å². The van der Waals surface area contributed by atoms with Crippen molar-refractivity contribution in [3.05, 3.63) is 70.7 Å². The Hall–Kier alpha value is -2.43. The first kappa shape index (κ1) is 16.1. The number of halogens is 1. The second-order valence-electron chi connectivity index (χ2n) is 5.90. The van der Waals surface area contributed by atoms with E-state index in [2.05, 4.69) is 22.4 Å². The van der Waals surface area contributed by atoms with Crippen molar-refractivity contribution in [1.29, 1.82) is 0 Å². The quantitative estimate of drug-likeness (QED) is 0.513. The molecule has 0 bridgehead atoms. The van der Waals surface area contributed by atoms with E-state index in [1.165, 1.54) is 11.3 Å². The second kappa shape index (κ2) is 6.47. The summed E-state index contributed by atoms with van der Waals surface area (Å²) in [4.78, 5) is 17.0. The van der Waals surface area contributed by atoms with Gasteiger partial charge < -0.3 is 5.32 Å². The fourth-order valence-electron chi connectivity index (χ4n) is 2.94. The first-order valence-corrected chi connectivity index (χ1v) is 9.13. The highest BCUT2D eigenvalue weighted by Gasteiger charge is 2.12. The third-order valence-corrected chi connectivity index (χ3v) is 5.57. The minimum absolute atomic E-state index is 0.0702. The Balaban J connectivity index is 1.59. The van der Waals surface area contributed by atoms with Gasteiger partial charge >= 0.3 is 0 Å². The molecule has 1 amide bonds. The average molecular weight is 367 g/mol. The zero-order valence-corrected chi connectivity index (χ0v) is 15.1. The SMILES string of the molecule is Cc1c(Cl)ccc2sc(NC(=O)Cc3cccc4ccccc34)nc12. The molecule has 0 aliphatic heterocycles. The number of aromatic nitrogens is 1. The van der Waals surface area contributed by atoms with E-state index >= 15 is 0 Å². The molecule has 124 valence electrons. The van der Waals surface area contributed by atoms with Gasteiger partial charge in [0.25, 0.3) is 0 Å². The van der Waals surface area contributed by atoms with Gasteiger partial charge in [-0.1, -0.05) is 65.4 Å². The number of hydrogen-bond acceptors (Lipinski definition) is 3. The van der Waals surface area contributed by atoms with Crippen LogP contribution in [0.5, 0.6) is 0 Å². The number of thiazole rings is 1. The molecule has 0 saturated carbocycles. The van der Waals surface area contributed by atoms with E-state index in [4.69, 9.17) is 11.6 Å². The van der Waals surface area contributed by atoms with Crippen LogP contribution in [0.15, 0.2) is 54.6 Å². The predicted octanol–water partition coefficient (Wildman–Crippen LogP) is 5.59. The topological polar surface area (TPSA) is 42.0 Å². The number of rotatable bonds is 3. The molecular weight excluding hydrogens is 352 g/mol. The van der Waals surface area contributed by atoms with Gasteiger partial charge in [0.05, 0.1) is 16.6 Å². The van der Waals surface area contributed by atoms with Crippen LogP contribution in [-0.2, 0) is 11.2 Å². The summed E-state index contributed by atoms with van der Waals surface area (Å²) in [6.07, 6.45) is 0.316. The van der Waals surface area contributed by atoms with Crippen LogP contribution >= 0.6 is 22.9 Å². The highest BCUT2D eigenvalue weighted by molar-refractivity contribution is 7.22. The Morgan fingerprint density at radius 3 is 2.80 bits per heavy atom. The number of nitrogens with zero attached hydrogens (tertiary/aromatic N) is 1. The number of anilines is 1. The molecule has 4 aromatic rings. The molecule has 0 unspecified atom stereocenters. The number of carbonyl (C=O) groups excluding carboxylic acids is 1. The molecule has 0 atom stereocenters. The van der Waals surface area contributed by atoms with Gasteiger partial charge in [0, 0.05) is 5.02 Å². The van der Waals surface area contributed by atoms with Gasteiger partial charge in [0.1, 0.15) is 0 Å². The molecule has 25 heavy (non-hydrogen) atoms. The van der Waals surface area contributed by atoms with Gasteiger partial charge in [-0.15, -0.1) is 0 Å². The largest absolute Gasteiger partial charge is 0.302 e. The van der Waals surface area contributed by atoms with E-state index in [1.807, 2.05) is 49.4 Å². The smallest absolute Gasteiger partial charge is 0.230 e. The van der Waals surface area contributed by atoms with Crippen LogP contribution < -0.4 is 5.32 Å². The molecule has 0 saturated heterocycles. The molecule has 1 heterocycles. The summed E-state index contributed by atoms with van der Waals surface area (Å²) in [7, 11) is 0. The van der Waals surface area contributed by atoms with Crippen molar-refractivity contribution >= 4 is 55.0 Å². The molecule has 4 rings (SSSR count). The highest BCUT2D eigenvalue weighted by atomic mass is 35.5. The fourth-order valence-corrected chi connectivity index (χ4v) is 4.03. The third-order valence-electron chi connectivity index (χ3n) is 4.23. The van der Waals surface area contributed by atoms with Crippen molar-refractivity contribution in [1.82, 2.24) is 4.98 Å². The lowest BCUT2D eigenvalue weighted by molar-refractivity contribution is -0.115. The Morgan fingerprint density at radius 2 is 1.92 bits per heavy atom. The Kier molecular flexibility index (Phi) is 4.15. The number of fused-ring (bicyclic) bond motifs is 2. The normalized spacial score (nSPS) is 11.1. The van der Waals surface area contributed by atoms with Crippen LogP contribution in [0, 0.1) is 6.92 Å². The summed E-state index contributed by atoms with van der Waals surface area (Å²) in [5, 5.41) is 6.45. The first-order chi connectivity index (χ1) is 12.1. The van der Waals surface area contributed by atoms with Crippen LogP contribution in [0.2, 0.25) is 5.02 Å². The van der Waals surface area contributed by atoms with Crippen molar-refractivity contribution in [3.63, 3.8) is 0 Å². The summed E-state index contributed by atoms with van der Waals surface area (Å²) >= 11 is 7.60. The minimum atomic E-state index is -0.0702. The van der Waals surface area contributed by atoms with Crippen molar-refractivity contribution in [2.45, 2.75) is 13.3 Å². The summed E-state index contributed by atoms with van der Waals surface area (Å²) in [5.41, 5.74) is 2.79. The Morgan fingerprint density at radius 1 is 1.12 bits per heavy atom. The maximum absolute atomic E-state index is 12.5. The molecule has 0 aliphatic rings. The van der Waals surface area contributed by atoms with Gasteiger partial charge in [-0.05, 0) is 41.0 Å². The molecule has 0 spiro atoms. The zero-order valence-electron chi connectivity index (χ0n) is 13.5. The molecule has 0 radical (unpaired) electrons. The molecule has 1 N–H and O–H groups in total. The zero-order chi connectivity index (χ0) is 17.4. The Labute approximate surface area is 154 Å². The van der Waals surface area contributed by atoms with Crippen molar-refractivity contribution in [2.24, 2.45) is 0 Å². The molecule has 3 aromatic carbocycles. The van der Waals surface area contributed by atoms with Crippen molar-refractivity contribution in [2.75, 3.05) is 5.32 Å². The van der Waals surface area contributed by atoms with E-state index < -0.39 is 0 Å². The standard InChI is InChI=1S/C20H15ClN2OS/c1-12-16(21)9-10-17-19(12)23-20(25-17)22-18(24)11-14-7-4-6-13-5-2-3-8-15(13)14/h2-10H,11H2,1H3,(H,22,23,24). The molecule has 3 nitrogen and oxygen atoms in total. The van der Waals surface area contributed by atoms with Gasteiger partial charge in [-0.2, -0.15) is 0 Å². The van der Waals surface area contributed by atoms with Crippen LogP contribution in [0.1, 0.15) is 11.1 Å². The lowest BCUT2D eigenvalue weighted by atomic mass is 10.0. The number of aryl methyl sites for hydroxylation is 1. The van der Waals surface area contributed by atoms with E-state index in [-0.39, 0.29) is 5.91 Å². The molecule has 0 fully saturated rings. The van der Waals surface area contributed by atoms with E-state index in [0.717, 1.165) is 32.1 Å². The third kappa shape index (κ3) is 3.11. The first-order valence-electron chi connectivity index (χ1n) is 7.94. The van der Waals surface area contributed by atoms with Gasteiger partial charge in [-0.3, -0.25) is 4.79 Å². The minimum Gasteiger partial charge on any atom is -0.302 e. The highest BCUT2D eigenvalue weighted by Crippen LogP contribution is 2.31. The molecule has 1 aromatic heterocycles. The number of hydrogen-bond donors (Lipinski definition) is 1. The fraction of sp³-hybridized carbons (Fsp3) is 0.100. The maximum Gasteiger partial charge on any atom is 0.230 e. The monoisotopic (exact) mass is 366 g/mol. The predicted molar refractivity (Wildman–Crippen MR) is 106 cm³/mol. The number of benzene rings is 3. The van der Waals surface area contributed by atoms with Gasteiger partial charge in [0.2, 0.25) is 5.91 Å². The number of amides is 1. The summed E-state index contributed by atoms with van der Waals surface area (Å²) in [6.45, 7) is 1.94. The summed E-state index contributed by atoms with van der Waals surface area (Å²) < 4.78 is 1.02. The lowest BCUT2D eigenvalue weighted by Crippen LogP contribution is -2.14. The van der Waals surface area contributed by atoms with Crippen molar-refractivity contribution in [3.8, 4) is 0 Å². The average Bonchev–Trinajstić information content (AvgIpc) is 3.02. The molecular formula is C20H15ClN2OS. The van der Waals surface area contributed by atoms with Crippen LogP contribution in [0.25, 0.3) is 21.0 Å². The van der Waals surface area contributed by atoms with Gasteiger partial charge in [0.15, 0.2) is 5.13 Å². The summed E-state index contributed by atoms with van der Waals surface area (Å²) in [5.74, 6) is -0.0702. The van der Waals surface area contributed by atoms with E-state index in [9.17, 15) is 4.79 Å². The maximum atomic E-state index is 12.5. The van der Waals surface area contributed by atoms with Crippen molar-refractivity contribution < 1.29 is 4.79 Å². The van der Waals surface area contributed by atoms with Crippen LogP contribution in [-0.4, -0.2) is 10.9 Å². The van der Waals surface area contributed by atoms with E-state index in [0.29, 0.717) is 16.6 Å². The van der Waals surface area contributed by atoms with Crippen LogP contribution in [0.4, 0.5) is 5.13 Å². The summed E-state index contributed by atoms with van der Waals surface area (Å²) in [6, 6.07) is 17.9. The second-order valence-corrected chi connectivity index (χ2v) is 7.34. The number of nitrogens with one attached hydrogen (secondary N) is 1. The van der Waals surface area contributed by atoms with E-state index in [1.54, 1.807) is 0 Å². The van der Waals surface area contributed by atoms with Crippen LogP contribution in [0.3, 0.4) is 0 Å². The molecule has 5 heteroatoms. The molecule has 0 aliphatic carbocycles. The Bertz CT molecular complexity index is 1100. The number of carbonyl (C=O) groups is 1.